The molecule has 0 aliphatic carbocycles. The fraction of sp³-hybridized carbons (Fsp3) is 0.375. The number of nitrogens with one attached hydrogen (secondary N) is 3. The van der Waals surface area contributed by atoms with Crippen LogP contribution in [0.3, 0.4) is 0 Å². The van der Waals surface area contributed by atoms with Crippen molar-refractivity contribution in [2.75, 3.05) is 11.9 Å². The number of piperazine rings is 1. The van der Waals surface area contributed by atoms with Crippen molar-refractivity contribution in [1.29, 1.82) is 0 Å². The summed E-state index contributed by atoms with van der Waals surface area (Å²) in [6, 6.07) is 12.3. The first-order valence-electron chi connectivity index (χ1n) is 10.9. The minimum Gasteiger partial charge on any atom is -0.508 e. The molecular formula is C24H28N4O4. The van der Waals surface area contributed by atoms with Gasteiger partial charge in [0.15, 0.2) is 0 Å². The lowest BCUT2D eigenvalue weighted by Gasteiger charge is -2.34. The van der Waals surface area contributed by atoms with Gasteiger partial charge in [0.05, 0.1) is 6.04 Å². The zero-order valence-electron chi connectivity index (χ0n) is 18.2. The highest BCUT2D eigenvalue weighted by molar-refractivity contribution is 5.98. The second kappa shape index (κ2) is 8.90. The molecule has 2 aromatic carbocycles. The first kappa shape index (κ1) is 21.7. The van der Waals surface area contributed by atoms with Gasteiger partial charge in [0.25, 0.3) is 0 Å². The number of rotatable bonds is 5. The van der Waals surface area contributed by atoms with Crippen LogP contribution in [0, 0.1) is 0 Å². The first-order chi connectivity index (χ1) is 15.3. The maximum atomic E-state index is 13.0. The predicted molar refractivity (Wildman–Crippen MR) is 120 cm³/mol. The Labute approximate surface area is 187 Å². The van der Waals surface area contributed by atoms with Crippen LogP contribution >= 0.6 is 0 Å². The van der Waals surface area contributed by atoms with Gasteiger partial charge in [-0.25, -0.2) is 4.79 Å². The molecule has 2 saturated heterocycles. The van der Waals surface area contributed by atoms with Gasteiger partial charge in [0, 0.05) is 18.7 Å². The van der Waals surface area contributed by atoms with E-state index < -0.39 is 12.1 Å². The standard InChI is InChI=1S/C24H28N4O4/c1-14(2)16-5-7-17(8-6-16)25-24(32)26-18-12-21-22(30)27-20(23(31)28(21)13-18)11-15-3-9-19(29)10-4-15/h3-10,14,18,20-21,29H,11-13H2,1-2H3,(H,27,30)(H2,25,26,32)/t18-,20+,21-/m0/s1. The van der Waals surface area contributed by atoms with Crippen molar-refractivity contribution < 1.29 is 19.5 Å². The number of hydrogen-bond acceptors (Lipinski definition) is 4. The van der Waals surface area contributed by atoms with Crippen LogP contribution in [-0.2, 0) is 16.0 Å². The largest absolute Gasteiger partial charge is 0.508 e. The molecule has 2 aromatic rings. The van der Waals surface area contributed by atoms with E-state index in [9.17, 15) is 19.5 Å². The molecule has 32 heavy (non-hydrogen) atoms. The van der Waals surface area contributed by atoms with Crippen LogP contribution in [-0.4, -0.2) is 52.5 Å². The molecule has 2 heterocycles. The third-order valence-corrected chi connectivity index (χ3v) is 6.05. The number of carbonyl (C=O) groups excluding carboxylic acids is 3. The number of benzene rings is 2. The van der Waals surface area contributed by atoms with Gasteiger partial charge in [0.1, 0.15) is 17.8 Å². The Hall–Kier alpha value is -3.55. The van der Waals surface area contributed by atoms with Gasteiger partial charge in [-0.3, -0.25) is 9.59 Å². The van der Waals surface area contributed by atoms with Crippen molar-refractivity contribution >= 4 is 23.5 Å². The molecule has 0 spiro atoms. The predicted octanol–water partition coefficient (Wildman–Crippen LogP) is 2.35. The van der Waals surface area contributed by atoms with Gasteiger partial charge < -0.3 is 26.0 Å². The molecule has 0 bridgehead atoms. The second-order valence-corrected chi connectivity index (χ2v) is 8.75. The summed E-state index contributed by atoms with van der Waals surface area (Å²) in [5, 5.41) is 17.9. The first-order valence-corrected chi connectivity index (χ1v) is 10.9. The van der Waals surface area contributed by atoms with Gasteiger partial charge >= 0.3 is 6.03 Å². The molecular weight excluding hydrogens is 408 g/mol. The molecule has 168 valence electrons. The summed E-state index contributed by atoms with van der Waals surface area (Å²) in [4.78, 5) is 39.6. The van der Waals surface area contributed by atoms with E-state index in [0.29, 0.717) is 31.0 Å². The van der Waals surface area contributed by atoms with E-state index in [1.165, 1.54) is 5.56 Å². The number of hydrogen-bond donors (Lipinski definition) is 4. The highest BCUT2D eigenvalue weighted by atomic mass is 16.3. The molecule has 8 heteroatoms. The molecule has 4 amide bonds. The number of urea groups is 1. The van der Waals surface area contributed by atoms with E-state index in [0.717, 1.165) is 5.56 Å². The highest BCUT2D eigenvalue weighted by Gasteiger charge is 2.46. The summed E-state index contributed by atoms with van der Waals surface area (Å²) in [6.07, 6.45) is 0.724. The number of aromatic hydroxyl groups is 1. The molecule has 0 saturated carbocycles. The van der Waals surface area contributed by atoms with E-state index in [4.69, 9.17) is 0 Å². The van der Waals surface area contributed by atoms with Gasteiger partial charge in [-0.15, -0.1) is 0 Å². The van der Waals surface area contributed by atoms with Crippen molar-refractivity contribution in [3.8, 4) is 5.75 Å². The van der Waals surface area contributed by atoms with Crippen molar-refractivity contribution in [2.24, 2.45) is 0 Å². The number of carbonyl (C=O) groups is 3. The average molecular weight is 437 g/mol. The smallest absolute Gasteiger partial charge is 0.319 e. The van der Waals surface area contributed by atoms with Crippen LogP contribution in [0.1, 0.15) is 37.3 Å². The van der Waals surface area contributed by atoms with Crippen LogP contribution in [0.5, 0.6) is 5.75 Å². The summed E-state index contributed by atoms with van der Waals surface area (Å²) in [5.41, 5.74) is 2.72. The van der Waals surface area contributed by atoms with Crippen LogP contribution in [0.2, 0.25) is 0 Å². The van der Waals surface area contributed by atoms with E-state index in [-0.39, 0.29) is 29.6 Å². The third-order valence-electron chi connectivity index (χ3n) is 6.05. The molecule has 4 rings (SSSR count). The molecule has 0 unspecified atom stereocenters. The Morgan fingerprint density at radius 3 is 2.47 bits per heavy atom. The normalized spacial score (nSPS) is 22.5. The fourth-order valence-corrected chi connectivity index (χ4v) is 4.27. The lowest BCUT2D eigenvalue weighted by Crippen LogP contribution is -2.61. The van der Waals surface area contributed by atoms with Crippen LogP contribution in [0.15, 0.2) is 48.5 Å². The van der Waals surface area contributed by atoms with Gasteiger partial charge in [-0.1, -0.05) is 38.1 Å². The number of fused-ring (bicyclic) bond motifs is 1. The fourth-order valence-electron chi connectivity index (χ4n) is 4.27. The minimum atomic E-state index is -0.657. The zero-order valence-corrected chi connectivity index (χ0v) is 18.2. The maximum Gasteiger partial charge on any atom is 0.319 e. The lowest BCUT2D eigenvalue weighted by atomic mass is 10.0. The topological polar surface area (TPSA) is 111 Å². The Kier molecular flexibility index (Phi) is 6.03. The van der Waals surface area contributed by atoms with Gasteiger partial charge in [-0.2, -0.15) is 0 Å². The van der Waals surface area contributed by atoms with Gasteiger partial charge in [0.2, 0.25) is 11.8 Å². The SMILES string of the molecule is CC(C)c1ccc(NC(=O)N[C@H]2C[C@H]3C(=O)N[C@H](Cc4ccc(O)cc4)C(=O)N3C2)cc1. The Morgan fingerprint density at radius 1 is 1.12 bits per heavy atom. The van der Waals surface area contributed by atoms with E-state index >= 15 is 0 Å². The number of phenolic OH excluding ortho intramolecular Hbond substituents is 1. The molecule has 3 atom stereocenters. The van der Waals surface area contributed by atoms with Crippen molar-refractivity contribution in [3.05, 3.63) is 59.7 Å². The third kappa shape index (κ3) is 4.69. The maximum absolute atomic E-state index is 13.0. The Balaban J connectivity index is 1.34. The summed E-state index contributed by atoms with van der Waals surface area (Å²) < 4.78 is 0. The molecule has 2 fully saturated rings. The van der Waals surface area contributed by atoms with Crippen molar-refractivity contribution in [2.45, 2.75) is 50.7 Å². The summed E-state index contributed by atoms with van der Waals surface area (Å²) in [5.74, 6) is 0.199. The Bertz CT molecular complexity index is 1000. The molecule has 4 N–H and O–H groups in total. The van der Waals surface area contributed by atoms with Crippen LogP contribution < -0.4 is 16.0 Å². The summed E-state index contributed by atoms with van der Waals surface area (Å²) >= 11 is 0. The zero-order chi connectivity index (χ0) is 22.8. The number of anilines is 1. The van der Waals surface area contributed by atoms with Crippen molar-refractivity contribution in [3.63, 3.8) is 0 Å². The molecule has 0 aromatic heterocycles. The lowest BCUT2D eigenvalue weighted by molar-refractivity contribution is -0.147. The number of nitrogens with zero attached hydrogens (tertiary/aromatic N) is 1. The quantitative estimate of drug-likeness (QED) is 0.577. The molecule has 2 aliphatic heterocycles. The number of amides is 4. The van der Waals surface area contributed by atoms with E-state index in [1.807, 2.05) is 24.3 Å². The summed E-state index contributed by atoms with van der Waals surface area (Å²) in [7, 11) is 0. The monoisotopic (exact) mass is 436 g/mol. The molecule has 2 aliphatic rings. The minimum absolute atomic E-state index is 0.149. The van der Waals surface area contributed by atoms with E-state index in [2.05, 4.69) is 29.8 Å². The Morgan fingerprint density at radius 2 is 1.81 bits per heavy atom. The van der Waals surface area contributed by atoms with Crippen molar-refractivity contribution in [1.82, 2.24) is 15.5 Å². The van der Waals surface area contributed by atoms with Crippen LogP contribution in [0.4, 0.5) is 10.5 Å². The van der Waals surface area contributed by atoms with E-state index in [1.54, 1.807) is 29.2 Å². The molecule has 8 nitrogen and oxygen atoms in total. The average Bonchev–Trinajstić information content (AvgIpc) is 3.18. The second-order valence-electron chi connectivity index (χ2n) is 8.75. The highest BCUT2D eigenvalue weighted by Crippen LogP contribution is 2.24. The molecule has 0 radical (unpaired) electrons. The van der Waals surface area contributed by atoms with Crippen LogP contribution in [0.25, 0.3) is 0 Å². The summed E-state index contributed by atoms with van der Waals surface area (Å²) in [6.45, 7) is 4.51. The van der Waals surface area contributed by atoms with Gasteiger partial charge in [-0.05, 0) is 47.7 Å². The number of phenols is 1.